The van der Waals surface area contributed by atoms with Gasteiger partial charge in [0.05, 0.1) is 12.0 Å². The molecule has 114 valence electrons. The third kappa shape index (κ3) is 3.26. The van der Waals surface area contributed by atoms with Gasteiger partial charge in [-0.15, -0.1) is 0 Å². The van der Waals surface area contributed by atoms with Gasteiger partial charge >= 0.3 is 0 Å². The van der Waals surface area contributed by atoms with Gasteiger partial charge in [-0.2, -0.15) is 0 Å². The molecule has 1 aliphatic rings. The van der Waals surface area contributed by atoms with Crippen LogP contribution in [0.2, 0.25) is 0 Å². The van der Waals surface area contributed by atoms with E-state index in [0.29, 0.717) is 11.3 Å². The average Bonchev–Trinajstić information content (AvgIpc) is 2.64. The Morgan fingerprint density at radius 1 is 1.38 bits per heavy atom. The summed E-state index contributed by atoms with van der Waals surface area (Å²) in [6.45, 7) is 2.87. The number of amides is 1. The van der Waals surface area contributed by atoms with Gasteiger partial charge in [0, 0.05) is 17.7 Å². The van der Waals surface area contributed by atoms with Crippen molar-refractivity contribution >= 4 is 17.4 Å². The monoisotopic (exact) mass is 297 g/mol. The minimum absolute atomic E-state index is 0.0350. The Balaban J connectivity index is 2.04. The summed E-state index contributed by atoms with van der Waals surface area (Å²) < 4.78 is 28.5. The minimum atomic E-state index is -2.53. The highest BCUT2D eigenvalue weighted by Gasteiger charge is 2.38. The van der Waals surface area contributed by atoms with Crippen LogP contribution in [0, 0.1) is 0 Å². The molecular weight excluding hydrogens is 280 g/mol. The molecule has 0 radical (unpaired) electrons. The van der Waals surface area contributed by atoms with E-state index in [0.717, 1.165) is 5.56 Å². The van der Waals surface area contributed by atoms with Gasteiger partial charge in [0.2, 0.25) is 5.91 Å². The summed E-state index contributed by atoms with van der Waals surface area (Å²) in [6.07, 6.45) is -2.49. The Hall–Kier alpha value is -1.82. The number of halogens is 2. The highest BCUT2D eigenvalue weighted by Crippen LogP contribution is 2.37. The molecule has 1 aromatic rings. The van der Waals surface area contributed by atoms with Gasteiger partial charge in [-0.05, 0) is 37.6 Å². The summed E-state index contributed by atoms with van der Waals surface area (Å²) in [5.41, 5.74) is 1.25. The van der Waals surface area contributed by atoms with E-state index in [1.165, 1.54) is 0 Å². The molecule has 0 unspecified atom stereocenters. The first-order valence-corrected chi connectivity index (χ1v) is 6.67. The quantitative estimate of drug-likeness (QED) is 0.649. The van der Waals surface area contributed by atoms with E-state index in [1.807, 2.05) is 0 Å². The van der Waals surface area contributed by atoms with Crippen LogP contribution in [0.4, 0.5) is 14.5 Å². The summed E-state index contributed by atoms with van der Waals surface area (Å²) in [5.74, 6) is -0.301. The number of carbonyl (C=O) groups is 2. The van der Waals surface area contributed by atoms with Crippen molar-refractivity contribution in [2.45, 2.75) is 32.1 Å². The summed E-state index contributed by atoms with van der Waals surface area (Å²) in [4.78, 5) is 23.8. The van der Waals surface area contributed by atoms with E-state index < -0.39 is 18.4 Å². The van der Waals surface area contributed by atoms with Crippen molar-refractivity contribution in [1.82, 2.24) is 0 Å². The lowest BCUT2D eigenvalue weighted by Gasteiger charge is -2.15. The number of ether oxygens (including phenoxy) is 1. The maximum atomic E-state index is 12.0. The fourth-order valence-corrected chi connectivity index (χ4v) is 2.23. The van der Waals surface area contributed by atoms with Crippen LogP contribution >= 0.6 is 0 Å². The molecule has 4 nitrogen and oxygen atoms in total. The van der Waals surface area contributed by atoms with Gasteiger partial charge in [0.1, 0.15) is 6.61 Å². The van der Waals surface area contributed by atoms with E-state index in [9.17, 15) is 18.4 Å². The lowest BCUT2D eigenvalue weighted by molar-refractivity contribution is -0.119. The molecule has 0 aromatic heterocycles. The number of benzene rings is 1. The van der Waals surface area contributed by atoms with Crippen molar-refractivity contribution < 1.29 is 23.1 Å². The van der Waals surface area contributed by atoms with E-state index >= 15 is 0 Å². The van der Waals surface area contributed by atoms with Crippen molar-refractivity contribution in [2.75, 3.05) is 18.5 Å². The molecule has 6 heteroatoms. The lowest BCUT2D eigenvalue weighted by atomic mass is 9.85. The zero-order valence-corrected chi connectivity index (χ0v) is 11.9. The molecule has 0 fully saturated rings. The first-order valence-electron chi connectivity index (χ1n) is 6.67. The molecule has 0 bridgehead atoms. The zero-order valence-electron chi connectivity index (χ0n) is 11.9. The van der Waals surface area contributed by atoms with Gasteiger partial charge < -0.3 is 10.1 Å². The maximum absolute atomic E-state index is 12.0. The molecule has 0 aliphatic carbocycles. The van der Waals surface area contributed by atoms with Crippen molar-refractivity contribution in [2.24, 2.45) is 0 Å². The van der Waals surface area contributed by atoms with Crippen molar-refractivity contribution in [3.8, 4) is 0 Å². The average molecular weight is 297 g/mol. The van der Waals surface area contributed by atoms with E-state index in [1.54, 1.807) is 32.0 Å². The number of anilines is 1. The SMILES string of the molecule is CC1(C)C(=O)Nc2ccc(C(=O)CCOCC(F)F)cc21. The van der Waals surface area contributed by atoms with E-state index in [-0.39, 0.29) is 24.7 Å². The highest BCUT2D eigenvalue weighted by atomic mass is 19.3. The summed E-state index contributed by atoms with van der Waals surface area (Å²) in [6, 6.07) is 4.99. The number of carbonyl (C=O) groups excluding carboxylic acids is 2. The third-order valence-corrected chi connectivity index (χ3v) is 3.55. The fraction of sp³-hybridized carbons (Fsp3) is 0.467. The van der Waals surface area contributed by atoms with Crippen LogP contribution in [0.1, 0.15) is 36.2 Å². The van der Waals surface area contributed by atoms with Crippen LogP contribution in [0.5, 0.6) is 0 Å². The standard InChI is InChI=1S/C15H17F2NO3/c1-15(2)10-7-9(3-4-11(10)18-14(15)20)12(19)5-6-21-8-13(16)17/h3-4,7,13H,5-6,8H2,1-2H3,(H,18,20). The van der Waals surface area contributed by atoms with Gasteiger partial charge in [-0.1, -0.05) is 0 Å². The van der Waals surface area contributed by atoms with E-state index in [4.69, 9.17) is 4.74 Å². The Bertz CT molecular complexity index is 570. The van der Waals surface area contributed by atoms with Crippen LogP contribution in [-0.2, 0) is 14.9 Å². The van der Waals surface area contributed by atoms with Gasteiger partial charge in [-0.25, -0.2) is 8.78 Å². The molecule has 0 spiro atoms. The molecule has 1 aromatic carbocycles. The first-order chi connectivity index (χ1) is 9.82. The van der Waals surface area contributed by atoms with Gasteiger partial charge in [0.25, 0.3) is 6.43 Å². The minimum Gasteiger partial charge on any atom is -0.375 e. The lowest BCUT2D eigenvalue weighted by Crippen LogP contribution is -2.27. The number of fused-ring (bicyclic) bond motifs is 1. The normalized spacial score (nSPS) is 16.0. The number of hydrogen-bond acceptors (Lipinski definition) is 3. The summed E-state index contributed by atoms with van der Waals surface area (Å²) in [7, 11) is 0. The van der Waals surface area contributed by atoms with Crippen molar-refractivity contribution in [3.05, 3.63) is 29.3 Å². The van der Waals surface area contributed by atoms with Crippen LogP contribution in [0.15, 0.2) is 18.2 Å². The molecule has 21 heavy (non-hydrogen) atoms. The topological polar surface area (TPSA) is 55.4 Å². The van der Waals surface area contributed by atoms with Gasteiger partial charge in [-0.3, -0.25) is 9.59 Å². The number of alkyl halides is 2. The van der Waals surface area contributed by atoms with Crippen LogP contribution < -0.4 is 5.32 Å². The second-order valence-corrected chi connectivity index (χ2v) is 5.48. The smallest absolute Gasteiger partial charge is 0.261 e. The number of Topliss-reactive ketones (excluding diaryl/α,β-unsaturated/α-hetero) is 1. The van der Waals surface area contributed by atoms with Crippen molar-refractivity contribution in [3.63, 3.8) is 0 Å². The summed E-state index contributed by atoms with van der Waals surface area (Å²) in [5, 5.41) is 2.76. The first kappa shape index (κ1) is 15.6. The predicted octanol–water partition coefficient (Wildman–Crippen LogP) is 2.77. The molecule has 1 aliphatic heterocycles. The molecule has 0 saturated carbocycles. The van der Waals surface area contributed by atoms with Crippen LogP contribution in [0.25, 0.3) is 0 Å². The zero-order chi connectivity index (χ0) is 15.6. The molecule has 0 saturated heterocycles. The number of nitrogens with one attached hydrogen (secondary N) is 1. The van der Waals surface area contributed by atoms with Crippen LogP contribution in [0.3, 0.4) is 0 Å². The Morgan fingerprint density at radius 3 is 2.76 bits per heavy atom. The third-order valence-electron chi connectivity index (χ3n) is 3.55. The Labute approximate surface area is 121 Å². The largest absolute Gasteiger partial charge is 0.375 e. The molecular formula is C15H17F2NO3. The summed E-state index contributed by atoms with van der Waals surface area (Å²) >= 11 is 0. The Kier molecular flexibility index (Phi) is 4.37. The number of rotatable bonds is 6. The highest BCUT2D eigenvalue weighted by molar-refractivity contribution is 6.07. The van der Waals surface area contributed by atoms with Crippen LogP contribution in [-0.4, -0.2) is 31.3 Å². The molecule has 2 rings (SSSR count). The maximum Gasteiger partial charge on any atom is 0.261 e. The van der Waals surface area contributed by atoms with E-state index in [2.05, 4.69) is 5.32 Å². The second-order valence-electron chi connectivity index (χ2n) is 5.48. The predicted molar refractivity (Wildman–Crippen MR) is 73.9 cm³/mol. The second kappa shape index (κ2) is 5.89. The molecule has 0 atom stereocenters. The fourth-order valence-electron chi connectivity index (χ4n) is 2.23. The molecule has 1 amide bonds. The molecule has 1 heterocycles. The number of hydrogen-bond donors (Lipinski definition) is 1. The Morgan fingerprint density at radius 2 is 2.10 bits per heavy atom. The molecule has 1 N–H and O–H groups in total. The van der Waals surface area contributed by atoms with Crippen molar-refractivity contribution in [1.29, 1.82) is 0 Å². The number of ketones is 1. The van der Waals surface area contributed by atoms with Gasteiger partial charge in [0.15, 0.2) is 5.78 Å².